The first-order valence-corrected chi connectivity index (χ1v) is 17.2. The van der Waals surface area contributed by atoms with E-state index in [1.54, 1.807) is 0 Å². The average molecular weight is 630 g/mol. The van der Waals surface area contributed by atoms with Crippen molar-refractivity contribution in [2.75, 3.05) is 4.90 Å². The first-order chi connectivity index (χ1) is 23.8. The van der Waals surface area contributed by atoms with E-state index in [0.717, 1.165) is 17.1 Å². The molecule has 0 N–H and O–H groups in total. The zero-order chi connectivity index (χ0) is 31.9. The van der Waals surface area contributed by atoms with Gasteiger partial charge in [0.1, 0.15) is 0 Å². The normalized spacial score (nSPS) is 11.3. The summed E-state index contributed by atoms with van der Waals surface area (Å²) < 4.78 is 2.68. The van der Waals surface area contributed by atoms with Crippen LogP contribution >= 0.6 is 11.3 Å². The quantitative estimate of drug-likeness (QED) is 0.177. The van der Waals surface area contributed by atoms with Crippen LogP contribution < -0.4 is 4.90 Å². The monoisotopic (exact) mass is 629 g/mol. The minimum atomic E-state index is 1.11. The second-order valence-corrected chi connectivity index (χ2v) is 13.2. The molecule has 1 heterocycles. The Hall–Kier alpha value is -5.96. The summed E-state index contributed by atoms with van der Waals surface area (Å²) in [7, 11) is 0. The third-order valence-corrected chi connectivity index (χ3v) is 10.5. The molecule has 0 aliphatic carbocycles. The molecule has 226 valence electrons. The van der Waals surface area contributed by atoms with Gasteiger partial charge >= 0.3 is 0 Å². The Labute approximate surface area is 284 Å². The van der Waals surface area contributed by atoms with Crippen LogP contribution in [0.3, 0.4) is 0 Å². The molecule has 0 amide bonds. The van der Waals surface area contributed by atoms with Gasteiger partial charge in [-0.1, -0.05) is 152 Å². The van der Waals surface area contributed by atoms with Crippen LogP contribution in [0.2, 0.25) is 0 Å². The maximum atomic E-state index is 2.38. The van der Waals surface area contributed by atoms with E-state index in [9.17, 15) is 0 Å². The molecule has 0 saturated carbocycles. The van der Waals surface area contributed by atoms with Gasteiger partial charge in [-0.2, -0.15) is 0 Å². The standard InChI is InChI=1S/C46H31NS/c1-3-11-32(12-4-1)33-19-25-38(26-20-33)47(44-18-10-9-16-40(44)35-13-5-2-6-14-35)39-27-21-34(22-28-39)37-24-29-42-43-30-23-36-15-7-8-17-41(36)46(43)48-45(42)31-37/h1-31H. The lowest BCUT2D eigenvalue weighted by atomic mass is 10.00. The lowest BCUT2D eigenvalue weighted by Crippen LogP contribution is -2.11. The summed E-state index contributed by atoms with van der Waals surface area (Å²) in [6.45, 7) is 0. The van der Waals surface area contributed by atoms with Crippen LogP contribution in [0.5, 0.6) is 0 Å². The Bertz CT molecular complexity index is 2530. The van der Waals surface area contributed by atoms with Crippen LogP contribution in [0.15, 0.2) is 188 Å². The lowest BCUT2D eigenvalue weighted by molar-refractivity contribution is 1.28. The van der Waals surface area contributed by atoms with Crippen LogP contribution in [0.25, 0.3) is 64.3 Å². The molecule has 8 aromatic carbocycles. The maximum absolute atomic E-state index is 2.38. The van der Waals surface area contributed by atoms with Crippen LogP contribution in [0.1, 0.15) is 0 Å². The topological polar surface area (TPSA) is 3.24 Å². The molecule has 0 aliphatic rings. The van der Waals surface area contributed by atoms with Crippen molar-refractivity contribution in [3.05, 3.63) is 188 Å². The summed E-state index contributed by atoms with van der Waals surface area (Å²) in [5.74, 6) is 0. The van der Waals surface area contributed by atoms with Gasteiger partial charge in [0.05, 0.1) is 5.69 Å². The van der Waals surface area contributed by atoms with Crippen molar-refractivity contribution >= 4 is 59.3 Å². The Balaban J connectivity index is 1.13. The van der Waals surface area contributed by atoms with Crippen molar-refractivity contribution in [3.63, 3.8) is 0 Å². The first kappa shape index (κ1) is 28.3. The number of nitrogens with zero attached hydrogens (tertiary/aromatic N) is 1. The molecule has 2 heteroatoms. The second kappa shape index (κ2) is 12.0. The number of hydrogen-bond donors (Lipinski definition) is 0. The van der Waals surface area contributed by atoms with Crippen molar-refractivity contribution in [2.24, 2.45) is 0 Å². The molecule has 0 radical (unpaired) electrons. The van der Waals surface area contributed by atoms with Gasteiger partial charge in [0.15, 0.2) is 0 Å². The fourth-order valence-corrected chi connectivity index (χ4v) is 8.16. The third-order valence-electron chi connectivity index (χ3n) is 9.28. The van der Waals surface area contributed by atoms with Crippen molar-refractivity contribution in [3.8, 4) is 33.4 Å². The fraction of sp³-hybridized carbons (Fsp3) is 0. The van der Waals surface area contributed by atoms with Crippen molar-refractivity contribution < 1.29 is 0 Å². The minimum absolute atomic E-state index is 1.11. The van der Waals surface area contributed by atoms with E-state index in [2.05, 4.69) is 193 Å². The largest absolute Gasteiger partial charge is 0.310 e. The number of fused-ring (bicyclic) bond motifs is 5. The Morgan fingerprint density at radius 1 is 0.354 bits per heavy atom. The molecule has 0 fully saturated rings. The van der Waals surface area contributed by atoms with Gasteiger partial charge in [0, 0.05) is 37.1 Å². The van der Waals surface area contributed by atoms with Gasteiger partial charge in [-0.05, 0) is 75.0 Å². The van der Waals surface area contributed by atoms with Crippen molar-refractivity contribution in [1.29, 1.82) is 0 Å². The highest BCUT2D eigenvalue weighted by Crippen LogP contribution is 2.43. The van der Waals surface area contributed by atoms with Crippen molar-refractivity contribution in [2.45, 2.75) is 0 Å². The van der Waals surface area contributed by atoms with E-state index < -0.39 is 0 Å². The number of anilines is 3. The zero-order valence-corrected chi connectivity index (χ0v) is 27.1. The van der Waals surface area contributed by atoms with Crippen LogP contribution in [0.4, 0.5) is 17.1 Å². The maximum Gasteiger partial charge on any atom is 0.0540 e. The summed E-state index contributed by atoms with van der Waals surface area (Å²) in [5.41, 5.74) is 10.6. The number of para-hydroxylation sites is 1. The Morgan fingerprint density at radius 3 is 1.62 bits per heavy atom. The predicted molar refractivity (Wildman–Crippen MR) is 208 cm³/mol. The van der Waals surface area contributed by atoms with Crippen molar-refractivity contribution in [1.82, 2.24) is 0 Å². The van der Waals surface area contributed by atoms with Gasteiger partial charge in [-0.25, -0.2) is 0 Å². The number of benzene rings is 8. The summed E-state index contributed by atoms with van der Waals surface area (Å²) in [5, 5.41) is 5.28. The molecule has 0 unspecified atom stereocenters. The molecule has 0 bridgehead atoms. The van der Waals surface area contributed by atoms with E-state index in [-0.39, 0.29) is 0 Å². The molecule has 1 aromatic heterocycles. The molecule has 0 aliphatic heterocycles. The second-order valence-electron chi connectivity index (χ2n) is 12.2. The lowest BCUT2D eigenvalue weighted by Gasteiger charge is -2.28. The van der Waals surface area contributed by atoms with Gasteiger partial charge in [0.2, 0.25) is 0 Å². The Kier molecular flexibility index (Phi) is 7.07. The fourth-order valence-electron chi connectivity index (χ4n) is 6.88. The molecule has 0 spiro atoms. The Morgan fingerprint density at radius 2 is 0.896 bits per heavy atom. The molecule has 0 saturated heterocycles. The molecular weight excluding hydrogens is 599 g/mol. The number of thiophene rings is 1. The molecular formula is C46H31NS. The van der Waals surface area contributed by atoms with E-state index in [0.29, 0.717) is 0 Å². The van der Waals surface area contributed by atoms with Gasteiger partial charge < -0.3 is 4.90 Å². The average Bonchev–Trinajstić information content (AvgIpc) is 3.55. The SMILES string of the molecule is c1ccc(-c2ccc(N(c3ccc(-c4ccc5c(c4)sc4c6ccccc6ccc54)cc3)c3ccccc3-c3ccccc3)cc2)cc1. The van der Waals surface area contributed by atoms with Gasteiger partial charge in [-0.3, -0.25) is 0 Å². The summed E-state index contributed by atoms with van der Waals surface area (Å²) in [4.78, 5) is 2.38. The molecule has 9 aromatic rings. The minimum Gasteiger partial charge on any atom is -0.310 e. The molecule has 1 nitrogen and oxygen atoms in total. The predicted octanol–water partition coefficient (Wildman–Crippen LogP) is 13.7. The van der Waals surface area contributed by atoms with E-state index in [4.69, 9.17) is 0 Å². The van der Waals surface area contributed by atoms with Crippen LogP contribution in [-0.2, 0) is 0 Å². The molecule has 0 atom stereocenters. The molecule has 9 rings (SSSR count). The molecule has 48 heavy (non-hydrogen) atoms. The third kappa shape index (κ3) is 5.04. The highest BCUT2D eigenvalue weighted by Gasteiger charge is 2.18. The van der Waals surface area contributed by atoms with Gasteiger partial charge in [0.25, 0.3) is 0 Å². The highest BCUT2D eigenvalue weighted by atomic mass is 32.1. The first-order valence-electron chi connectivity index (χ1n) is 16.3. The smallest absolute Gasteiger partial charge is 0.0540 e. The highest BCUT2D eigenvalue weighted by molar-refractivity contribution is 7.26. The number of hydrogen-bond acceptors (Lipinski definition) is 2. The summed E-state index contributed by atoms with van der Waals surface area (Å²) in [6.07, 6.45) is 0. The zero-order valence-electron chi connectivity index (χ0n) is 26.3. The van der Waals surface area contributed by atoms with E-state index in [1.165, 1.54) is 64.3 Å². The van der Waals surface area contributed by atoms with Crippen LogP contribution in [0, 0.1) is 0 Å². The van der Waals surface area contributed by atoms with Crippen LogP contribution in [-0.4, -0.2) is 0 Å². The summed E-state index contributed by atoms with van der Waals surface area (Å²) in [6, 6.07) is 68.0. The number of rotatable bonds is 6. The van der Waals surface area contributed by atoms with Gasteiger partial charge in [-0.15, -0.1) is 11.3 Å². The summed E-state index contributed by atoms with van der Waals surface area (Å²) >= 11 is 1.89. The van der Waals surface area contributed by atoms with E-state index in [1.807, 2.05) is 11.3 Å². The van der Waals surface area contributed by atoms with E-state index >= 15 is 0 Å².